The number of aliphatic hydroxyl groups excluding tert-OH is 1. The second-order valence-electron chi connectivity index (χ2n) is 2.79. The fraction of sp³-hybridized carbons (Fsp3) is 0.400. The zero-order chi connectivity index (χ0) is 12.6. The van der Waals surface area contributed by atoms with Crippen LogP contribution in [0, 0.1) is 0 Å². The number of hydrogen-bond donors (Lipinski definition) is 2. The topological polar surface area (TPSA) is 93.1 Å². The maximum Gasteiger partial charge on any atom is 0.373 e. The van der Waals surface area contributed by atoms with Crippen LogP contribution in [0.25, 0.3) is 0 Å². The Kier molecular flexibility index (Phi) is 6.06. The molecule has 16 heavy (non-hydrogen) atoms. The highest BCUT2D eigenvalue weighted by Gasteiger charge is 2.34. The molecular weight excluding hydrogens is 216 g/mol. The number of aliphatic hydroxyl groups is 2. The number of carbonyl (C=O) groups excluding carboxylic acids is 2. The molecule has 6 nitrogen and oxygen atoms in total. The third kappa shape index (κ3) is 5.28. The number of hydrogen-bond acceptors (Lipinski definition) is 6. The lowest BCUT2D eigenvalue weighted by molar-refractivity contribution is -0.324. The minimum absolute atomic E-state index is 0.0886. The predicted octanol–water partition coefficient (Wildman–Crippen LogP) is -0.137. The first-order valence-electron chi connectivity index (χ1n) is 4.51. The predicted molar refractivity (Wildman–Crippen MR) is 53.8 cm³/mol. The summed E-state index contributed by atoms with van der Waals surface area (Å²) in [5.74, 6) is -4.30. The van der Waals surface area contributed by atoms with Gasteiger partial charge in [-0.2, -0.15) is 0 Å². The molecule has 0 aliphatic rings. The first kappa shape index (κ1) is 14.3. The Bertz CT molecular complexity index is 261. The number of esters is 2. The first-order valence-corrected chi connectivity index (χ1v) is 4.51. The molecule has 0 amide bonds. The monoisotopic (exact) mass is 230 g/mol. The molecule has 0 saturated carbocycles. The molecule has 0 rings (SSSR count). The molecule has 0 saturated heterocycles. The van der Waals surface area contributed by atoms with Gasteiger partial charge in [0.05, 0.1) is 6.42 Å². The second kappa shape index (κ2) is 6.76. The van der Waals surface area contributed by atoms with Crippen LogP contribution < -0.4 is 0 Å². The average molecular weight is 230 g/mol. The van der Waals surface area contributed by atoms with Crippen molar-refractivity contribution in [1.29, 1.82) is 0 Å². The van der Waals surface area contributed by atoms with Crippen molar-refractivity contribution in [2.75, 3.05) is 6.61 Å². The van der Waals surface area contributed by atoms with Gasteiger partial charge in [0.1, 0.15) is 0 Å². The van der Waals surface area contributed by atoms with Crippen molar-refractivity contribution >= 4 is 11.9 Å². The van der Waals surface area contributed by atoms with E-state index in [2.05, 4.69) is 22.6 Å². The fourth-order valence-corrected chi connectivity index (χ4v) is 0.823. The minimum atomic E-state index is -2.40. The van der Waals surface area contributed by atoms with Gasteiger partial charge >= 0.3 is 17.9 Å². The normalized spacial score (nSPS) is 10.4. The third-order valence-corrected chi connectivity index (χ3v) is 1.50. The van der Waals surface area contributed by atoms with Gasteiger partial charge in [-0.1, -0.05) is 13.2 Å². The van der Waals surface area contributed by atoms with Gasteiger partial charge in [0, 0.05) is 18.8 Å². The van der Waals surface area contributed by atoms with Crippen LogP contribution >= 0.6 is 0 Å². The highest BCUT2D eigenvalue weighted by Crippen LogP contribution is 2.17. The third-order valence-electron chi connectivity index (χ3n) is 1.50. The van der Waals surface area contributed by atoms with Crippen LogP contribution in [-0.2, 0) is 19.1 Å². The van der Waals surface area contributed by atoms with Crippen LogP contribution in [0.5, 0.6) is 0 Å². The molecule has 0 aromatic heterocycles. The molecule has 0 aliphatic heterocycles. The molecule has 0 radical (unpaired) electrons. The van der Waals surface area contributed by atoms with E-state index in [-0.39, 0.29) is 19.4 Å². The minimum Gasteiger partial charge on any atom is -0.396 e. The highest BCUT2D eigenvalue weighted by molar-refractivity contribution is 5.83. The van der Waals surface area contributed by atoms with Crippen LogP contribution in [0.2, 0.25) is 0 Å². The van der Waals surface area contributed by atoms with Gasteiger partial charge in [0.2, 0.25) is 0 Å². The van der Waals surface area contributed by atoms with Crippen LogP contribution in [0.1, 0.15) is 12.8 Å². The van der Waals surface area contributed by atoms with Crippen LogP contribution in [0.4, 0.5) is 0 Å². The van der Waals surface area contributed by atoms with Crippen molar-refractivity contribution in [3.05, 3.63) is 25.3 Å². The highest BCUT2D eigenvalue weighted by atomic mass is 16.8. The van der Waals surface area contributed by atoms with E-state index in [1.807, 2.05) is 0 Å². The second-order valence-corrected chi connectivity index (χ2v) is 2.79. The average Bonchev–Trinajstić information content (AvgIpc) is 2.25. The fourth-order valence-electron chi connectivity index (χ4n) is 0.823. The number of rotatable bonds is 7. The summed E-state index contributed by atoms with van der Waals surface area (Å²) in [5, 5.41) is 18.2. The largest absolute Gasteiger partial charge is 0.396 e. The molecule has 0 heterocycles. The van der Waals surface area contributed by atoms with Crippen molar-refractivity contribution < 1.29 is 29.3 Å². The Labute approximate surface area is 92.8 Å². The Morgan fingerprint density at radius 2 is 1.62 bits per heavy atom. The lowest BCUT2D eigenvalue weighted by atomic mass is 10.3. The SMILES string of the molecule is C=CC(=O)OC(O)(CCCO)OC(=O)C=C. The summed E-state index contributed by atoms with van der Waals surface area (Å²) in [4.78, 5) is 21.8. The van der Waals surface area contributed by atoms with Crippen molar-refractivity contribution in [2.45, 2.75) is 18.8 Å². The lowest BCUT2D eigenvalue weighted by Crippen LogP contribution is -2.39. The Balaban J connectivity index is 4.58. The molecule has 0 bridgehead atoms. The summed E-state index contributed by atoms with van der Waals surface area (Å²) in [6, 6.07) is 0. The van der Waals surface area contributed by atoms with Crippen molar-refractivity contribution in [2.24, 2.45) is 0 Å². The van der Waals surface area contributed by atoms with Gasteiger partial charge < -0.3 is 19.7 Å². The van der Waals surface area contributed by atoms with Gasteiger partial charge in [-0.25, -0.2) is 9.59 Å². The molecule has 90 valence electrons. The van der Waals surface area contributed by atoms with E-state index >= 15 is 0 Å². The van der Waals surface area contributed by atoms with Crippen LogP contribution in [0.3, 0.4) is 0 Å². The van der Waals surface area contributed by atoms with Crippen molar-refractivity contribution in [1.82, 2.24) is 0 Å². The molecular formula is C10H14O6. The Hall–Kier alpha value is -1.66. The summed E-state index contributed by atoms with van der Waals surface area (Å²) in [7, 11) is 0. The zero-order valence-corrected chi connectivity index (χ0v) is 8.72. The summed E-state index contributed by atoms with van der Waals surface area (Å²) in [5.41, 5.74) is 0. The molecule has 0 aromatic carbocycles. The zero-order valence-electron chi connectivity index (χ0n) is 8.72. The van der Waals surface area contributed by atoms with Gasteiger partial charge in [0.25, 0.3) is 0 Å². The first-order chi connectivity index (χ1) is 7.47. The van der Waals surface area contributed by atoms with Crippen molar-refractivity contribution in [3.8, 4) is 0 Å². The maximum absolute atomic E-state index is 10.9. The molecule has 0 aliphatic carbocycles. The van der Waals surface area contributed by atoms with Gasteiger partial charge in [-0.15, -0.1) is 0 Å². The van der Waals surface area contributed by atoms with E-state index in [9.17, 15) is 14.7 Å². The van der Waals surface area contributed by atoms with E-state index in [1.165, 1.54) is 0 Å². The summed E-state index contributed by atoms with van der Waals surface area (Å²) < 4.78 is 8.92. The van der Waals surface area contributed by atoms with E-state index in [1.54, 1.807) is 0 Å². The van der Waals surface area contributed by atoms with Gasteiger partial charge in [0.15, 0.2) is 0 Å². The Morgan fingerprint density at radius 3 is 1.94 bits per heavy atom. The maximum atomic E-state index is 10.9. The molecule has 0 fully saturated rings. The van der Waals surface area contributed by atoms with E-state index in [4.69, 9.17) is 5.11 Å². The van der Waals surface area contributed by atoms with E-state index in [0.29, 0.717) is 0 Å². The molecule has 6 heteroatoms. The van der Waals surface area contributed by atoms with Gasteiger partial charge in [-0.3, -0.25) is 0 Å². The molecule has 0 unspecified atom stereocenters. The standard InChI is InChI=1S/C10H14O6/c1-3-8(12)15-10(14,6-5-7-11)16-9(13)4-2/h3-4,11,14H,1-2,5-7H2. The Morgan fingerprint density at radius 1 is 1.19 bits per heavy atom. The molecule has 0 aromatic rings. The lowest BCUT2D eigenvalue weighted by Gasteiger charge is -2.25. The van der Waals surface area contributed by atoms with Gasteiger partial charge in [-0.05, 0) is 6.42 Å². The smallest absolute Gasteiger partial charge is 0.373 e. The summed E-state index contributed by atoms with van der Waals surface area (Å²) in [6.07, 6.45) is 1.46. The van der Waals surface area contributed by atoms with Crippen LogP contribution in [0.15, 0.2) is 25.3 Å². The van der Waals surface area contributed by atoms with E-state index in [0.717, 1.165) is 12.2 Å². The summed E-state index contributed by atoms with van der Waals surface area (Å²) >= 11 is 0. The van der Waals surface area contributed by atoms with Crippen LogP contribution in [-0.4, -0.2) is 34.7 Å². The summed E-state index contributed by atoms with van der Waals surface area (Å²) in [6.45, 7) is 6.01. The number of carbonyl (C=O) groups is 2. The number of ether oxygens (including phenoxy) is 2. The van der Waals surface area contributed by atoms with E-state index < -0.39 is 17.9 Å². The molecule has 0 atom stereocenters. The quantitative estimate of drug-likeness (QED) is 0.359. The molecule has 2 N–H and O–H groups in total. The van der Waals surface area contributed by atoms with Crippen molar-refractivity contribution in [3.63, 3.8) is 0 Å². The molecule has 0 spiro atoms.